The van der Waals surface area contributed by atoms with E-state index < -0.39 is 0 Å². The van der Waals surface area contributed by atoms with Gasteiger partial charge in [-0.15, -0.1) is 0 Å². The number of aliphatic hydroxyl groups excluding tert-OH is 1. The first kappa shape index (κ1) is 22.1. The highest BCUT2D eigenvalue weighted by Crippen LogP contribution is 2.36. The van der Waals surface area contributed by atoms with Crippen LogP contribution in [0.25, 0.3) is 17.0 Å². The number of aromatic nitrogens is 1. The van der Waals surface area contributed by atoms with Crippen molar-refractivity contribution in [3.63, 3.8) is 0 Å². The molecule has 6 heteroatoms. The first-order valence-corrected chi connectivity index (χ1v) is 11.0. The largest absolute Gasteiger partial charge is 0.497 e. The van der Waals surface area contributed by atoms with E-state index in [2.05, 4.69) is 39.0 Å². The lowest BCUT2D eigenvalue weighted by Gasteiger charge is -2.29. The number of hydrogen-bond donors (Lipinski definition) is 2. The van der Waals surface area contributed by atoms with Crippen molar-refractivity contribution in [2.75, 3.05) is 33.9 Å². The second kappa shape index (κ2) is 10.0. The van der Waals surface area contributed by atoms with Crippen LogP contribution in [0.4, 0.5) is 0 Å². The summed E-state index contributed by atoms with van der Waals surface area (Å²) < 4.78 is 9.99. The number of carbonyl (C=O) groups is 1. The van der Waals surface area contributed by atoms with E-state index >= 15 is 0 Å². The van der Waals surface area contributed by atoms with Gasteiger partial charge >= 0.3 is 5.97 Å². The van der Waals surface area contributed by atoms with Crippen LogP contribution >= 0.6 is 0 Å². The molecule has 0 amide bonds. The molecule has 0 fully saturated rings. The molecule has 168 valence electrons. The molecule has 6 nitrogen and oxygen atoms in total. The van der Waals surface area contributed by atoms with Crippen LogP contribution in [0.3, 0.4) is 0 Å². The van der Waals surface area contributed by atoms with Gasteiger partial charge in [-0.1, -0.05) is 18.2 Å². The molecule has 0 saturated heterocycles. The van der Waals surface area contributed by atoms with Crippen LogP contribution in [-0.2, 0) is 22.4 Å². The first-order valence-electron chi connectivity index (χ1n) is 11.0. The van der Waals surface area contributed by atoms with Gasteiger partial charge in [0, 0.05) is 48.4 Å². The van der Waals surface area contributed by atoms with Crippen molar-refractivity contribution >= 4 is 22.9 Å². The minimum absolute atomic E-state index is 0.136. The number of rotatable bonds is 9. The number of benzene rings is 2. The fourth-order valence-corrected chi connectivity index (χ4v) is 4.65. The quantitative estimate of drug-likeness (QED) is 0.395. The van der Waals surface area contributed by atoms with E-state index in [1.807, 2.05) is 18.2 Å². The standard InChI is InChI=1S/C26H30N2O4/c1-31-21-6-8-22-20(17-27-24(22)16-21)11-12-28(13-14-29)25-9-5-19-15-18(3-7-23(19)25)4-10-26(30)32-2/h3-4,6-8,10,15-17,25,27,29H,5,9,11-14H2,1-2H3/b10-4+. The molecule has 1 atom stereocenters. The Kier molecular flexibility index (Phi) is 6.93. The van der Waals surface area contributed by atoms with E-state index in [4.69, 9.17) is 4.74 Å². The number of nitrogens with zero attached hydrogens (tertiary/aromatic N) is 1. The predicted octanol–water partition coefficient (Wildman–Crippen LogP) is 3.89. The first-order chi connectivity index (χ1) is 15.6. The van der Waals surface area contributed by atoms with E-state index in [-0.39, 0.29) is 12.6 Å². The number of fused-ring (bicyclic) bond motifs is 2. The minimum Gasteiger partial charge on any atom is -0.497 e. The van der Waals surface area contributed by atoms with Gasteiger partial charge in [-0.25, -0.2) is 4.79 Å². The normalized spacial score (nSPS) is 15.6. The van der Waals surface area contributed by atoms with Crippen molar-refractivity contribution in [1.29, 1.82) is 0 Å². The SMILES string of the molecule is COC(=O)/C=C/c1ccc2c(c1)CCC2N(CCO)CCc1c[nH]c2cc(OC)ccc12. The smallest absolute Gasteiger partial charge is 0.330 e. The molecular weight excluding hydrogens is 404 g/mol. The van der Waals surface area contributed by atoms with Crippen molar-refractivity contribution < 1.29 is 19.4 Å². The number of methoxy groups -OCH3 is 2. The fourth-order valence-electron chi connectivity index (χ4n) is 4.65. The summed E-state index contributed by atoms with van der Waals surface area (Å²) in [6.07, 6.45) is 8.24. The minimum atomic E-state index is -0.353. The van der Waals surface area contributed by atoms with Crippen LogP contribution in [0.1, 0.15) is 34.7 Å². The number of H-pyrrole nitrogens is 1. The maximum absolute atomic E-state index is 11.4. The summed E-state index contributed by atoms with van der Waals surface area (Å²) >= 11 is 0. The van der Waals surface area contributed by atoms with Crippen LogP contribution in [0, 0.1) is 0 Å². The van der Waals surface area contributed by atoms with Crippen LogP contribution in [0.5, 0.6) is 5.75 Å². The topological polar surface area (TPSA) is 74.8 Å². The zero-order valence-corrected chi connectivity index (χ0v) is 18.6. The van der Waals surface area contributed by atoms with Gasteiger partial charge in [0.1, 0.15) is 5.75 Å². The summed E-state index contributed by atoms with van der Waals surface area (Å²) in [4.78, 5) is 17.1. The third kappa shape index (κ3) is 4.71. The highest BCUT2D eigenvalue weighted by molar-refractivity contribution is 5.87. The zero-order valence-electron chi connectivity index (χ0n) is 18.6. The van der Waals surface area contributed by atoms with Crippen LogP contribution < -0.4 is 4.74 Å². The Balaban J connectivity index is 1.48. The molecule has 1 aliphatic rings. The lowest BCUT2D eigenvalue weighted by molar-refractivity contribution is -0.134. The van der Waals surface area contributed by atoms with Gasteiger partial charge in [0.05, 0.1) is 20.8 Å². The number of esters is 1. The lowest BCUT2D eigenvalue weighted by Crippen LogP contribution is -2.32. The Hall–Kier alpha value is -3.09. The van der Waals surface area contributed by atoms with E-state index in [0.717, 1.165) is 42.6 Å². The third-order valence-electron chi connectivity index (χ3n) is 6.30. The lowest BCUT2D eigenvalue weighted by atomic mass is 10.0. The summed E-state index contributed by atoms with van der Waals surface area (Å²) in [6.45, 7) is 1.65. The third-order valence-corrected chi connectivity index (χ3v) is 6.30. The van der Waals surface area contributed by atoms with Crippen molar-refractivity contribution in [2.24, 2.45) is 0 Å². The Morgan fingerprint density at radius 2 is 2.09 bits per heavy atom. The van der Waals surface area contributed by atoms with E-state index in [0.29, 0.717) is 12.6 Å². The highest BCUT2D eigenvalue weighted by Gasteiger charge is 2.27. The second-order valence-corrected chi connectivity index (χ2v) is 8.10. The molecule has 2 N–H and O–H groups in total. The zero-order chi connectivity index (χ0) is 22.5. The van der Waals surface area contributed by atoms with Crippen LogP contribution in [-0.4, -0.2) is 54.9 Å². The summed E-state index contributed by atoms with van der Waals surface area (Å²) in [5.41, 5.74) is 5.97. The van der Waals surface area contributed by atoms with Gasteiger partial charge in [-0.2, -0.15) is 0 Å². The molecule has 4 rings (SSSR count). The van der Waals surface area contributed by atoms with Gasteiger partial charge in [-0.05, 0) is 59.7 Å². The van der Waals surface area contributed by atoms with Gasteiger partial charge in [-0.3, -0.25) is 4.90 Å². The molecule has 0 spiro atoms. The number of aliphatic hydroxyl groups is 1. The number of aryl methyl sites for hydroxylation is 1. The molecular formula is C26H30N2O4. The van der Waals surface area contributed by atoms with Gasteiger partial charge in [0.15, 0.2) is 0 Å². The van der Waals surface area contributed by atoms with E-state index in [9.17, 15) is 9.90 Å². The second-order valence-electron chi connectivity index (χ2n) is 8.10. The van der Waals surface area contributed by atoms with Gasteiger partial charge in [0.25, 0.3) is 0 Å². The number of ether oxygens (including phenoxy) is 2. The molecule has 3 aromatic rings. The molecule has 1 unspecified atom stereocenters. The maximum Gasteiger partial charge on any atom is 0.330 e. The van der Waals surface area contributed by atoms with E-state index in [1.165, 1.54) is 35.3 Å². The average molecular weight is 435 g/mol. The summed E-state index contributed by atoms with van der Waals surface area (Å²) in [7, 11) is 3.05. The number of carbonyl (C=O) groups excluding carboxylic acids is 1. The number of aromatic amines is 1. The van der Waals surface area contributed by atoms with Crippen molar-refractivity contribution in [1.82, 2.24) is 9.88 Å². The Morgan fingerprint density at radius 1 is 1.22 bits per heavy atom. The molecule has 1 heterocycles. The fraction of sp³-hybridized carbons (Fsp3) is 0.346. The maximum atomic E-state index is 11.4. The molecule has 1 aliphatic carbocycles. The summed E-state index contributed by atoms with van der Waals surface area (Å²) in [6, 6.07) is 12.8. The van der Waals surface area contributed by atoms with Crippen LogP contribution in [0.15, 0.2) is 48.7 Å². The van der Waals surface area contributed by atoms with Gasteiger partial charge < -0.3 is 19.6 Å². The monoisotopic (exact) mass is 434 g/mol. The molecule has 0 aliphatic heterocycles. The van der Waals surface area contributed by atoms with Crippen molar-refractivity contribution in [2.45, 2.75) is 25.3 Å². The van der Waals surface area contributed by atoms with Gasteiger partial charge in [0.2, 0.25) is 0 Å². The number of hydrogen-bond acceptors (Lipinski definition) is 5. The number of nitrogens with one attached hydrogen (secondary N) is 1. The van der Waals surface area contributed by atoms with E-state index in [1.54, 1.807) is 13.2 Å². The Bertz CT molecular complexity index is 1120. The molecule has 1 aromatic heterocycles. The molecule has 0 bridgehead atoms. The predicted molar refractivity (Wildman–Crippen MR) is 126 cm³/mol. The molecule has 0 saturated carbocycles. The highest BCUT2D eigenvalue weighted by atomic mass is 16.5. The Morgan fingerprint density at radius 3 is 2.88 bits per heavy atom. The summed E-state index contributed by atoms with van der Waals surface area (Å²) in [5, 5.41) is 10.9. The average Bonchev–Trinajstić information content (AvgIpc) is 3.43. The van der Waals surface area contributed by atoms with Crippen LogP contribution in [0.2, 0.25) is 0 Å². The Labute approximate surface area is 188 Å². The van der Waals surface area contributed by atoms with Crippen molar-refractivity contribution in [3.05, 3.63) is 70.9 Å². The molecule has 32 heavy (non-hydrogen) atoms. The molecule has 2 aromatic carbocycles. The molecule has 0 radical (unpaired) electrons. The summed E-state index contributed by atoms with van der Waals surface area (Å²) in [5.74, 6) is 0.490. The van der Waals surface area contributed by atoms with Crippen molar-refractivity contribution in [3.8, 4) is 5.75 Å².